The summed E-state index contributed by atoms with van der Waals surface area (Å²) in [5, 5.41) is 2.92. The highest BCUT2D eigenvalue weighted by Crippen LogP contribution is 2.26. The fraction of sp³-hybridized carbons (Fsp3) is 0.421. The Morgan fingerprint density at radius 2 is 1.88 bits per heavy atom. The number of amides is 1. The second kappa shape index (κ2) is 8.21. The van der Waals surface area contributed by atoms with Crippen molar-refractivity contribution in [3.63, 3.8) is 0 Å². The minimum absolute atomic E-state index is 0.117. The van der Waals surface area contributed by atoms with Crippen molar-refractivity contribution in [2.45, 2.75) is 12.8 Å². The molecule has 3 rings (SSSR count). The lowest BCUT2D eigenvalue weighted by atomic mass is 9.96. The molecule has 2 aromatic rings. The fourth-order valence-electron chi connectivity index (χ4n) is 3.27. The number of hydrogen-bond donors (Lipinski definition) is 1. The third kappa shape index (κ3) is 4.97. The molecule has 1 aliphatic rings. The summed E-state index contributed by atoms with van der Waals surface area (Å²) >= 11 is 7.17. The van der Waals surface area contributed by atoms with E-state index >= 15 is 0 Å². The molecule has 4 nitrogen and oxygen atoms in total. The molecule has 134 valence electrons. The average molecular weight is 378 g/mol. The largest absolute Gasteiger partial charge is 0.372 e. The van der Waals surface area contributed by atoms with E-state index in [1.54, 1.807) is 12.1 Å². The SMILES string of the molecule is CN(C)CC1CCN(c2ccc(NC(=O)c3ccc(Cl)s3)cc2)CC1. The third-order valence-corrected chi connectivity index (χ3v) is 5.76. The number of carbonyl (C=O) groups excluding carboxylic acids is 1. The standard InChI is InChI=1S/C19H24ClN3OS/c1-22(2)13-14-9-11-23(12-10-14)16-5-3-15(4-6-16)21-19(24)17-7-8-18(20)25-17/h3-8,14H,9-13H2,1-2H3,(H,21,24). The maximum absolute atomic E-state index is 12.2. The summed E-state index contributed by atoms with van der Waals surface area (Å²) in [6.07, 6.45) is 2.46. The summed E-state index contributed by atoms with van der Waals surface area (Å²) in [5.41, 5.74) is 2.03. The minimum atomic E-state index is -0.117. The van der Waals surface area contributed by atoms with Gasteiger partial charge < -0.3 is 15.1 Å². The zero-order chi connectivity index (χ0) is 17.8. The van der Waals surface area contributed by atoms with Gasteiger partial charge in [-0.05, 0) is 69.3 Å². The van der Waals surface area contributed by atoms with Crippen LogP contribution in [0.2, 0.25) is 4.34 Å². The van der Waals surface area contributed by atoms with E-state index in [2.05, 4.69) is 41.3 Å². The van der Waals surface area contributed by atoms with Crippen LogP contribution in [-0.2, 0) is 0 Å². The van der Waals surface area contributed by atoms with E-state index in [4.69, 9.17) is 11.6 Å². The number of rotatable bonds is 5. The minimum Gasteiger partial charge on any atom is -0.372 e. The van der Waals surface area contributed by atoms with Gasteiger partial charge in [0.2, 0.25) is 0 Å². The number of hydrogen-bond acceptors (Lipinski definition) is 4. The molecular formula is C19H24ClN3OS. The molecule has 1 fully saturated rings. The second-order valence-electron chi connectivity index (χ2n) is 6.80. The van der Waals surface area contributed by atoms with Crippen molar-refractivity contribution in [1.82, 2.24) is 4.90 Å². The molecule has 1 N–H and O–H groups in total. The summed E-state index contributed by atoms with van der Waals surface area (Å²) in [4.78, 5) is 17.5. The number of halogens is 1. The van der Waals surface area contributed by atoms with Crippen LogP contribution in [-0.4, -0.2) is 44.5 Å². The summed E-state index contributed by atoms with van der Waals surface area (Å²) in [6.45, 7) is 3.36. The van der Waals surface area contributed by atoms with Gasteiger partial charge in [-0.25, -0.2) is 0 Å². The van der Waals surface area contributed by atoms with E-state index in [1.165, 1.54) is 36.4 Å². The van der Waals surface area contributed by atoms with Crippen LogP contribution in [0.1, 0.15) is 22.5 Å². The van der Waals surface area contributed by atoms with Crippen molar-refractivity contribution in [3.8, 4) is 0 Å². The van der Waals surface area contributed by atoms with Gasteiger partial charge in [0.15, 0.2) is 0 Å². The number of nitrogens with zero attached hydrogens (tertiary/aromatic N) is 2. The third-order valence-electron chi connectivity index (χ3n) is 4.53. The molecule has 2 heterocycles. The van der Waals surface area contributed by atoms with Crippen molar-refractivity contribution in [2.75, 3.05) is 43.9 Å². The Balaban J connectivity index is 1.55. The van der Waals surface area contributed by atoms with Gasteiger partial charge in [-0.2, -0.15) is 0 Å². The van der Waals surface area contributed by atoms with E-state index in [0.29, 0.717) is 9.21 Å². The first-order valence-electron chi connectivity index (χ1n) is 8.57. The van der Waals surface area contributed by atoms with Crippen LogP contribution in [0.4, 0.5) is 11.4 Å². The highest BCUT2D eigenvalue weighted by atomic mass is 35.5. The zero-order valence-corrected chi connectivity index (χ0v) is 16.2. The molecule has 0 atom stereocenters. The molecule has 0 saturated carbocycles. The van der Waals surface area contributed by atoms with Crippen molar-refractivity contribution < 1.29 is 4.79 Å². The van der Waals surface area contributed by atoms with Gasteiger partial charge in [-0.15, -0.1) is 11.3 Å². The molecule has 1 aromatic heterocycles. The van der Waals surface area contributed by atoms with Gasteiger partial charge in [0.05, 0.1) is 9.21 Å². The quantitative estimate of drug-likeness (QED) is 0.837. The molecule has 1 aromatic carbocycles. The van der Waals surface area contributed by atoms with Gasteiger partial charge in [0, 0.05) is 31.0 Å². The first-order chi connectivity index (χ1) is 12.0. The Bertz CT molecular complexity index is 706. The van der Waals surface area contributed by atoms with Gasteiger partial charge in [-0.1, -0.05) is 11.6 Å². The maximum atomic E-state index is 12.2. The van der Waals surface area contributed by atoms with Gasteiger partial charge in [0.25, 0.3) is 5.91 Å². The molecule has 0 unspecified atom stereocenters. The molecule has 1 aliphatic heterocycles. The van der Waals surface area contributed by atoms with Crippen molar-refractivity contribution in [2.24, 2.45) is 5.92 Å². The Morgan fingerprint density at radius 1 is 1.20 bits per heavy atom. The molecule has 0 aliphatic carbocycles. The number of carbonyl (C=O) groups is 1. The lowest BCUT2D eigenvalue weighted by molar-refractivity contribution is 0.103. The van der Waals surface area contributed by atoms with Crippen molar-refractivity contribution in [3.05, 3.63) is 45.6 Å². The smallest absolute Gasteiger partial charge is 0.265 e. The number of benzene rings is 1. The lowest BCUT2D eigenvalue weighted by Gasteiger charge is -2.34. The maximum Gasteiger partial charge on any atom is 0.265 e. The lowest BCUT2D eigenvalue weighted by Crippen LogP contribution is -2.37. The van der Waals surface area contributed by atoms with E-state index in [1.807, 2.05) is 12.1 Å². The van der Waals surface area contributed by atoms with Gasteiger partial charge in [-0.3, -0.25) is 4.79 Å². The molecule has 25 heavy (non-hydrogen) atoms. The summed E-state index contributed by atoms with van der Waals surface area (Å²) in [5.74, 6) is 0.677. The molecule has 0 spiro atoms. The van der Waals surface area contributed by atoms with Crippen LogP contribution in [0.3, 0.4) is 0 Å². The first-order valence-corrected chi connectivity index (χ1v) is 9.77. The molecule has 1 amide bonds. The van der Waals surface area contributed by atoms with Crippen molar-refractivity contribution >= 4 is 40.2 Å². The highest BCUT2D eigenvalue weighted by Gasteiger charge is 2.20. The van der Waals surface area contributed by atoms with Crippen LogP contribution in [0, 0.1) is 5.92 Å². The van der Waals surface area contributed by atoms with Crippen LogP contribution in [0.15, 0.2) is 36.4 Å². The summed E-state index contributed by atoms with van der Waals surface area (Å²) in [6, 6.07) is 11.6. The van der Waals surface area contributed by atoms with Crippen molar-refractivity contribution in [1.29, 1.82) is 0 Å². The van der Waals surface area contributed by atoms with E-state index in [0.717, 1.165) is 24.7 Å². The van der Waals surface area contributed by atoms with Gasteiger partial charge >= 0.3 is 0 Å². The highest BCUT2D eigenvalue weighted by molar-refractivity contribution is 7.18. The Morgan fingerprint density at radius 3 is 2.44 bits per heavy atom. The van der Waals surface area contributed by atoms with Crippen LogP contribution >= 0.6 is 22.9 Å². The molecular weight excluding hydrogens is 354 g/mol. The zero-order valence-electron chi connectivity index (χ0n) is 14.7. The van der Waals surface area contributed by atoms with Crippen LogP contribution in [0.25, 0.3) is 0 Å². The van der Waals surface area contributed by atoms with E-state index in [-0.39, 0.29) is 5.91 Å². The molecule has 0 radical (unpaired) electrons. The van der Waals surface area contributed by atoms with Crippen LogP contribution < -0.4 is 10.2 Å². The monoisotopic (exact) mass is 377 g/mol. The van der Waals surface area contributed by atoms with E-state index < -0.39 is 0 Å². The van der Waals surface area contributed by atoms with Gasteiger partial charge in [0.1, 0.15) is 0 Å². The number of anilines is 2. The second-order valence-corrected chi connectivity index (χ2v) is 8.51. The number of nitrogens with one attached hydrogen (secondary N) is 1. The molecule has 0 bridgehead atoms. The summed E-state index contributed by atoms with van der Waals surface area (Å²) in [7, 11) is 4.28. The van der Waals surface area contributed by atoms with E-state index in [9.17, 15) is 4.79 Å². The normalized spacial score (nSPS) is 15.6. The Labute approximate surface area is 158 Å². The first kappa shape index (κ1) is 18.2. The fourth-order valence-corrected chi connectivity index (χ4v) is 4.21. The average Bonchev–Trinajstić information content (AvgIpc) is 3.02. The number of thiophene rings is 1. The Hall–Kier alpha value is -1.56. The Kier molecular flexibility index (Phi) is 5.99. The van der Waals surface area contributed by atoms with Crippen LogP contribution in [0.5, 0.6) is 0 Å². The topological polar surface area (TPSA) is 35.6 Å². The number of piperidine rings is 1. The molecule has 6 heteroatoms. The molecule has 1 saturated heterocycles. The predicted octanol–water partition coefficient (Wildman–Crippen LogP) is 4.43. The summed E-state index contributed by atoms with van der Waals surface area (Å²) < 4.78 is 0.623. The predicted molar refractivity (Wildman–Crippen MR) is 107 cm³/mol.